The topological polar surface area (TPSA) is 195 Å². The van der Waals surface area contributed by atoms with Gasteiger partial charge in [0.15, 0.2) is 0 Å². The van der Waals surface area contributed by atoms with Crippen LogP contribution in [0.15, 0.2) is 54.3 Å². The molecule has 6 aliphatic heterocycles. The molecular formula is C61H85F2N13O5S. The normalized spacial score (nSPS) is 24.0. The van der Waals surface area contributed by atoms with Crippen molar-refractivity contribution in [2.24, 2.45) is 16.2 Å². The lowest BCUT2D eigenvalue weighted by Gasteiger charge is -2.48. The van der Waals surface area contributed by atoms with E-state index in [2.05, 4.69) is 69.7 Å². The Morgan fingerprint density at radius 3 is 2.27 bits per heavy atom. The van der Waals surface area contributed by atoms with Gasteiger partial charge in [0.25, 0.3) is 0 Å². The quantitative estimate of drug-likeness (QED) is 0.0734. The summed E-state index contributed by atoms with van der Waals surface area (Å²) >= 11 is 1.58. The number of aromatic nitrogens is 3. The molecule has 444 valence electrons. The van der Waals surface area contributed by atoms with Gasteiger partial charge in [0.05, 0.1) is 52.5 Å². The van der Waals surface area contributed by atoms with Gasteiger partial charge in [-0.2, -0.15) is 0 Å². The number of thiazole rings is 1. The first-order valence-electron chi connectivity index (χ1n) is 29.6. The number of rotatable bonds is 17. The summed E-state index contributed by atoms with van der Waals surface area (Å²) in [5, 5.41) is 23.6. The number of nitrogens with zero attached hydrogens (tertiary/aromatic N) is 9. The summed E-state index contributed by atoms with van der Waals surface area (Å²) in [6.07, 6.45) is 7.06. The molecule has 8 heterocycles. The number of hydrogen-bond donors (Lipinski definition) is 5. The number of likely N-dealkylation sites (tertiary alicyclic amines) is 4. The van der Waals surface area contributed by atoms with Crippen LogP contribution in [0.25, 0.3) is 10.4 Å². The van der Waals surface area contributed by atoms with E-state index in [9.17, 15) is 24.3 Å². The summed E-state index contributed by atoms with van der Waals surface area (Å²) in [4.78, 5) is 82.0. The van der Waals surface area contributed by atoms with Crippen LogP contribution in [-0.4, -0.2) is 179 Å². The van der Waals surface area contributed by atoms with E-state index in [0.717, 1.165) is 118 Å². The minimum atomic E-state index is -0.903. The molecule has 2 spiro atoms. The van der Waals surface area contributed by atoms with E-state index in [1.807, 2.05) is 70.5 Å². The Hall–Kier alpha value is -5.87. The fraction of sp³-hybridized carbons (Fsp3) is 0.623. The second-order valence-corrected chi connectivity index (χ2v) is 27.3. The molecular weight excluding hydrogens is 1060 g/mol. The molecule has 6 aliphatic rings. The van der Waals surface area contributed by atoms with Crippen molar-refractivity contribution in [2.75, 3.05) is 107 Å². The maximum Gasteiger partial charge on any atom is 0.246 e. The predicted octanol–water partition coefficient (Wildman–Crippen LogP) is 6.35. The van der Waals surface area contributed by atoms with Crippen molar-refractivity contribution in [1.29, 1.82) is 0 Å². The summed E-state index contributed by atoms with van der Waals surface area (Å²) in [6, 6.07) is 10.4. The van der Waals surface area contributed by atoms with E-state index in [0.29, 0.717) is 44.6 Å². The Morgan fingerprint density at radius 1 is 0.854 bits per heavy atom. The number of benzene rings is 2. The Morgan fingerprint density at radius 2 is 1.56 bits per heavy atom. The number of aryl methyl sites for hydroxylation is 1. The second kappa shape index (κ2) is 24.4. The van der Waals surface area contributed by atoms with Crippen LogP contribution < -0.4 is 31.1 Å². The highest BCUT2D eigenvalue weighted by atomic mass is 32.1. The van der Waals surface area contributed by atoms with Gasteiger partial charge >= 0.3 is 0 Å². The Labute approximate surface area is 486 Å². The van der Waals surface area contributed by atoms with Crippen molar-refractivity contribution in [1.82, 2.24) is 50.5 Å². The fourth-order valence-electron chi connectivity index (χ4n) is 13.4. The molecule has 6 saturated heterocycles. The van der Waals surface area contributed by atoms with E-state index in [4.69, 9.17) is 0 Å². The molecule has 5 N–H and O–H groups in total. The van der Waals surface area contributed by atoms with Crippen LogP contribution in [0.1, 0.15) is 116 Å². The predicted molar refractivity (Wildman–Crippen MR) is 315 cm³/mol. The zero-order chi connectivity index (χ0) is 58.1. The van der Waals surface area contributed by atoms with Gasteiger partial charge in [0.2, 0.25) is 23.6 Å². The molecule has 10 rings (SSSR count). The molecule has 4 amide bonds. The zero-order valence-electron chi connectivity index (χ0n) is 49.0. The number of anilines is 3. The molecule has 18 nitrogen and oxygen atoms in total. The molecule has 2 aromatic carbocycles. The molecule has 82 heavy (non-hydrogen) atoms. The third-order valence-electron chi connectivity index (χ3n) is 18.4. The zero-order valence-corrected chi connectivity index (χ0v) is 49.9. The Balaban J connectivity index is 0.650. The average Bonchev–Trinajstić information content (AvgIpc) is 3.91. The third-order valence-corrected chi connectivity index (χ3v) is 19.4. The average molecular weight is 1150 g/mol. The van der Waals surface area contributed by atoms with Gasteiger partial charge in [-0.3, -0.25) is 29.0 Å². The first-order valence-corrected chi connectivity index (χ1v) is 30.5. The molecule has 0 unspecified atom stereocenters. The molecule has 0 aliphatic carbocycles. The van der Waals surface area contributed by atoms with E-state index in [1.165, 1.54) is 17.0 Å². The second-order valence-electron chi connectivity index (χ2n) is 26.4. The number of carbonyl (C=O) groups is 4. The van der Waals surface area contributed by atoms with Gasteiger partial charge in [-0.1, -0.05) is 58.9 Å². The van der Waals surface area contributed by atoms with E-state index in [1.54, 1.807) is 22.6 Å². The number of aliphatic hydroxyl groups excluding tert-OH is 1. The lowest BCUT2D eigenvalue weighted by Crippen LogP contribution is -2.66. The number of piperidine rings is 2. The highest BCUT2D eigenvalue weighted by molar-refractivity contribution is 7.13. The van der Waals surface area contributed by atoms with Gasteiger partial charge in [-0.05, 0) is 125 Å². The SMILES string of the molecule is Cc1ncsc1-c1ccc([C@H](C)NC(=O)[C@@H]2C[C@@H](O)CN2C(=O)[C@@H](NC(=O)CN2CC[C@@]3(CCN(CCCNc4cc(N5CCC6(CC5)CN(c5cc(F)c(CN7CCC(C)(C)CC7)cc5F)CC(=O)N6)ncn4)C3)C2)C(C)(C)C)cc1. The van der Waals surface area contributed by atoms with Crippen molar-refractivity contribution in [3.8, 4) is 10.4 Å². The smallest absolute Gasteiger partial charge is 0.246 e. The van der Waals surface area contributed by atoms with Crippen LogP contribution in [0, 0.1) is 34.8 Å². The number of β-amino-alcohol motifs (C(OH)–C–C–N with tert-alkyl or cyclic N) is 1. The van der Waals surface area contributed by atoms with Crippen LogP contribution in [0.5, 0.6) is 0 Å². The summed E-state index contributed by atoms with van der Waals surface area (Å²) in [5.74, 6) is -0.569. The number of carbonyl (C=O) groups excluding carboxylic acids is 4. The van der Waals surface area contributed by atoms with Crippen molar-refractivity contribution in [3.63, 3.8) is 0 Å². The van der Waals surface area contributed by atoms with Crippen LogP contribution >= 0.6 is 11.3 Å². The van der Waals surface area contributed by atoms with Crippen molar-refractivity contribution < 1.29 is 33.1 Å². The fourth-order valence-corrected chi connectivity index (χ4v) is 14.2. The number of nitrogens with one attached hydrogen (secondary N) is 4. The third kappa shape index (κ3) is 13.9. The van der Waals surface area contributed by atoms with Gasteiger partial charge in [0.1, 0.15) is 41.7 Å². The molecule has 21 heteroatoms. The molecule has 0 bridgehead atoms. The minimum absolute atomic E-state index is 0.0100. The number of aliphatic hydroxyl groups is 1. The van der Waals surface area contributed by atoms with Gasteiger partial charge in [-0.15, -0.1) is 11.3 Å². The van der Waals surface area contributed by atoms with Gasteiger partial charge in [-0.25, -0.2) is 23.7 Å². The van der Waals surface area contributed by atoms with E-state index < -0.39 is 40.8 Å². The number of piperazine rings is 1. The lowest BCUT2D eigenvalue weighted by molar-refractivity contribution is -0.144. The maximum atomic E-state index is 15.8. The molecule has 6 fully saturated rings. The molecule has 0 radical (unpaired) electrons. The van der Waals surface area contributed by atoms with Crippen LogP contribution in [0.2, 0.25) is 0 Å². The molecule has 5 atom stereocenters. The first-order chi connectivity index (χ1) is 39.0. The summed E-state index contributed by atoms with van der Waals surface area (Å²) < 4.78 is 31.4. The highest BCUT2D eigenvalue weighted by Crippen LogP contribution is 2.40. The maximum absolute atomic E-state index is 15.8. The molecule has 4 aromatic rings. The van der Waals surface area contributed by atoms with Gasteiger partial charge in [0, 0.05) is 76.5 Å². The van der Waals surface area contributed by atoms with Crippen molar-refractivity contribution >= 4 is 52.3 Å². The van der Waals surface area contributed by atoms with E-state index in [-0.39, 0.29) is 72.2 Å². The number of halogens is 2. The van der Waals surface area contributed by atoms with Crippen molar-refractivity contribution in [3.05, 3.63) is 82.8 Å². The standard InChI is InChI=1S/C61H85F2N13O5S/c1-40(42-9-11-43(12-10-42)54-41(2)67-39-82-54)68-56(80)49-28-45(77)32-76(49)57(81)55(58(3,4)5)69-52(78)33-73-24-16-60(36-73)15-23-72(35-60)20-8-19-64-50-30-51(66-38-65-50)74-25-17-61(18-26-74)37-75(34-53(79)70-61)48-29-46(62)44(27-47(48)63)31-71-21-13-59(6,7)14-22-71/h9-12,27,29-30,38-40,45,49,55,77H,8,13-26,28,31-37H2,1-7H3,(H,68,80)(H,69,78)(H,70,79)(H,64,65,66)/t40-,45+,49-,55+,60+/m0/s1. The largest absolute Gasteiger partial charge is 0.391 e. The van der Waals surface area contributed by atoms with Gasteiger partial charge < -0.3 is 46.0 Å². The first kappa shape index (κ1) is 59.3. The highest BCUT2D eigenvalue weighted by Gasteiger charge is 2.47. The van der Waals surface area contributed by atoms with Crippen molar-refractivity contribution in [2.45, 2.75) is 136 Å². The minimum Gasteiger partial charge on any atom is -0.391 e. The molecule has 0 saturated carbocycles. The monoisotopic (exact) mass is 1150 g/mol. The Kier molecular flexibility index (Phi) is 17.6. The van der Waals surface area contributed by atoms with Crippen LogP contribution in [0.3, 0.4) is 0 Å². The molecule has 2 aromatic heterocycles. The lowest BCUT2D eigenvalue weighted by atomic mass is 9.82. The summed E-state index contributed by atoms with van der Waals surface area (Å²) in [7, 11) is 0. The summed E-state index contributed by atoms with van der Waals surface area (Å²) in [6.45, 7) is 23.1. The number of hydrogen-bond acceptors (Lipinski definition) is 15. The summed E-state index contributed by atoms with van der Waals surface area (Å²) in [5.41, 5.74) is 4.36. The van der Waals surface area contributed by atoms with Crippen LogP contribution in [0.4, 0.5) is 26.1 Å². The Bertz CT molecular complexity index is 2940. The van der Waals surface area contributed by atoms with E-state index >= 15 is 8.78 Å². The van der Waals surface area contributed by atoms with Crippen LogP contribution in [-0.2, 0) is 25.7 Å². The number of amides is 4.